The van der Waals surface area contributed by atoms with Gasteiger partial charge in [-0.15, -0.1) is 0 Å². The van der Waals surface area contributed by atoms with Crippen LogP contribution in [0.5, 0.6) is 5.75 Å². The molecule has 0 aliphatic rings. The van der Waals surface area contributed by atoms with Crippen LogP contribution in [0.1, 0.15) is 18.5 Å². The summed E-state index contributed by atoms with van der Waals surface area (Å²) in [6.07, 6.45) is 0. The lowest BCUT2D eigenvalue weighted by atomic mass is 10.1. The summed E-state index contributed by atoms with van der Waals surface area (Å²) in [5.74, 6) is 5.36. The fourth-order valence-electron chi connectivity index (χ4n) is 1.13. The fraction of sp³-hybridized carbons (Fsp3) is 0.333. The summed E-state index contributed by atoms with van der Waals surface area (Å²) in [7, 11) is 0. The molecule has 0 fully saturated rings. The van der Waals surface area contributed by atoms with E-state index in [4.69, 9.17) is 5.84 Å². The Kier molecular flexibility index (Phi) is 3.79. The first-order valence-corrected chi connectivity index (χ1v) is 4.15. The Morgan fingerprint density at radius 1 is 1.36 bits per heavy atom. The Labute approximate surface area is 80.8 Å². The van der Waals surface area contributed by atoms with Crippen molar-refractivity contribution in [2.24, 2.45) is 5.84 Å². The topological polar surface area (TPSA) is 47.3 Å². The second-order valence-corrected chi connectivity index (χ2v) is 2.80. The van der Waals surface area contributed by atoms with E-state index in [1.54, 1.807) is 25.1 Å². The van der Waals surface area contributed by atoms with E-state index < -0.39 is 6.61 Å². The minimum atomic E-state index is -2.82. The molecule has 1 atom stereocenters. The summed E-state index contributed by atoms with van der Waals surface area (Å²) in [6, 6.07) is 6.30. The monoisotopic (exact) mass is 202 g/mol. The lowest BCUT2D eigenvalue weighted by molar-refractivity contribution is -0.0506. The summed E-state index contributed by atoms with van der Waals surface area (Å²) >= 11 is 0. The normalized spacial score (nSPS) is 12.9. The number of nitrogens with two attached hydrogens (primary N) is 1. The molecule has 3 nitrogen and oxygen atoms in total. The highest BCUT2D eigenvalue weighted by Crippen LogP contribution is 2.25. The Bertz CT molecular complexity index is 294. The first-order chi connectivity index (χ1) is 6.65. The molecule has 1 aromatic rings. The minimum absolute atomic E-state index is 0.146. The number of hydrazine groups is 1. The minimum Gasteiger partial charge on any atom is -0.434 e. The van der Waals surface area contributed by atoms with Crippen molar-refractivity contribution < 1.29 is 13.5 Å². The van der Waals surface area contributed by atoms with E-state index in [0.717, 1.165) is 0 Å². The van der Waals surface area contributed by atoms with Crippen molar-refractivity contribution in [3.05, 3.63) is 29.8 Å². The maximum atomic E-state index is 12.0. The van der Waals surface area contributed by atoms with Crippen molar-refractivity contribution in [1.82, 2.24) is 5.43 Å². The summed E-state index contributed by atoms with van der Waals surface area (Å²) in [6.45, 7) is -1.06. The van der Waals surface area contributed by atoms with Gasteiger partial charge >= 0.3 is 6.61 Å². The van der Waals surface area contributed by atoms with Gasteiger partial charge in [0.15, 0.2) is 0 Å². The molecule has 0 aromatic heterocycles. The molecule has 0 bridgehead atoms. The Morgan fingerprint density at radius 3 is 2.57 bits per heavy atom. The van der Waals surface area contributed by atoms with Gasteiger partial charge in [0, 0.05) is 11.6 Å². The standard InChI is InChI=1S/C9H12F2N2O/c1-6(13-12)7-4-2-3-5-8(7)14-9(10)11/h2-6,9,13H,12H2,1H3/t6-/m1/s1. The van der Waals surface area contributed by atoms with E-state index in [9.17, 15) is 8.78 Å². The molecular formula is C9H12F2N2O. The maximum absolute atomic E-state index is 12.0. The molecule has 0 saturated heterocycles. The summed E-state index contributed by atoms with van der Waals surface area (Å²) in [4.78, 5) is 0. The van der Waals surface area contributed by atoms with Crippen LogP contribution in [-0.2, 0) is 0 Å². The van der Waals surface area contributed by atoms with Crippen molar-refractivity contribution in [1.29, 1.82) is 0 Å². The number of nitrogens with one attached hydrogen (secondary N) is 1. The van der Waals surface area contributed by atoms with Gasteiger partial charge in [-0.3, -0.25) is 11.3 Å². The van der Waals surface area contributed by atoms with Crippen LogP contribution in [0, 0.1) is 0 Å². The molecule has 0 heterocycles. The molecular weight excluding hydrogens is 190 g/mol. The van der Waals surface area contributed by atoms with Crippen LogP contribution in [0.15, 0.2) is 24.3 Å². The quantitative estimate of drug-likeness (QED) is 0.578. The van der Waals surface area contributed by atoms with Gasteiger partial charge in [0.1, 0.15) is 5.75 Å². The molecule has 14 heavy (non-hydrogen) atoms. The largest absolute Gasteiger partial charge is 0.434 e. The highest BCUT2D eigenvalue weighted by atomic mass is 19.3. The molecule has 0 spiro atoms. The predicted molar refractivity (Wildman–Crippen MR) is 48.8 cm³/mol. The maximum Gasteiger partial charge on any atom is 0.387 e. The number of hydrogen-bond donors (Lipinski definition) is 2. The van der Waals surface area contributed by atoms with Gasteiger partial charge in [0.25, 0.3) is 0 Å². The van der Waals surface area contributed by atoms with E-state index in [2.05, 4.69) is 10.2 Å². The fourth-order valence-corrected chi connectivity index (χ4v) is 1.13. The molecule has 3 N–H and O–H groups in total. The number of halogens is 2. The van der Waals surface area contributed by atoms with Gasteiger partial charge in [0.2, 0.25) is 0 Å². The van der Waals surface area contributed by atoms with E-state index in [1.165, 1.54) is 6.07 Å². The van der Waals surface area contributed by atoms with E-state index in [1.807, 2.05) is 0 Å². The summed E-state index contributed by atoms with van der Waals surface area (Å²) in [5.41, 5.74) is 3.08. The van der Waals surface area contributed by atoms with Crippen LogP contribution in [0.25, 0.3) is 0 Å². The average Bonchev–Trinajstić information content (AvgIpc) is 2.16. The second kappa shape index (κ2) is 4.88. The highest BCUT2D eigenvalue weighted by molar-refractivity contribution is 5.35. The molecule has 0 aliphatic carbocycles. The van der Waals surface area contributed by atoms with Gasteiger partial charge in [-0.25, -0.2) is 0 Å². The summed E-state index contributed by atoms with van der Waals surface area (Å²) in [5, 5.41) is 0. The van der Waals surface area contributed by atoms with Gasteiger partial charge in [0.05, 0.1) is 0 Å². The third-order valence-corrected chi connectivity index (χ3v) is 1.85. The summed E-state index contributed by atoms with van der Waals surface area (Å²) < 4.78 is 28.3. The van der Waals surface area contributed by atoms with Gasteiger partial charge in [-0.05, 0) is 13.0 Å². The second-order valence-electron chi connectivity index (χ2n) is 2.80. The SMILES string of the molecule is C[C@@H](NN)c1ccccc1OC(F)F. The molecule has 0 saturated carbocycles. The van der Waals surface area contributed by atoms with Crippen molar-refractivity contribution in [3.8, 4) is 5.75 Å². The Morgan fingerprint density at radius 2 is 2.00 bits per heavy atom. The van der Waals surface area contributed by atoms with Gasteiger partial charge in [-0.2, -0.15) is 8.78 Å². The molecule has 0 amide bonds. The van der Waals surface area contributed by atoms with Crippen LogP contribution in [0.2, 0.25) is 0 Å². The van der Waals surface area contributed by atoms with Gasteiger partial charge < -0.3 is 4.74 Å². The molecule has 5 heteroatoms. The van der Waals surface area contributed by atoms with Crippen molar-refractivity contribution in [2.45, 2.75) is 19.6 Å². The first-order valence-electron chi connectivity index (χ1n) is 4.15. The number of alkyl halides is 2. The molecule has 0 radical (unpaired) electrons. The lowest BCUT2D eigenvalue weighted by Crippen LogP contribution is -2.26. The lowest BCUT2D eigenvalue weighted by Gasteiger charge is -2.15. The Balaban J connectivity index is 2.91. The molecule has 0 aliphatic heterocycles. The smallest absolute Gasteiger partial charge is 0.387 e. The molecule has 1 aromatic carbocycles. The van der Waals surface area contributed by atoms with E-state index in [-0.39, 0.29) is 11.8 Å². The zero-order valence-electron chi connectivity index (χ0n) is 7.71. The molecule has 1 rings (SSSR count). The first kappa shape index (κ1) is 10.9. The molecule has 78 valence electrons. The zero-order chi connectivity index (χ0) is 10.6. The number of para-hydroxylation sites is 1. The Hall–Kier alpha value is -1.20. The van der Waals surface area contributed by atoms with E-state index in [0.29, 0.717) is 5.56 Å². The van der Waals surface area contributed by atoms with Gasteiger partial charge in [-0.1, -0.05) is 18.2 Å². The number of ether oxygens (including phenoxy) is 1. The highest BCUT2D eigenvalue weighted by Gasteiger charge is 2.12. The number of rotatable bonds is 4. The van der Waals surface area contributed by atoms with Crippen molar-refractivity contribution in [3.63, 3.8) is 0 Å². The van der Waals surface area contributed by atoms with Crippen molar-refractivity contribution in [2.75, 3.05) is 0 Å². The van der Waals surface area contributed by atoms with Crippen LogP contribution < -0.4 is 16.0 Å². The van der Waals surface area contributed by atoms with Crippen molar-refractivity contribution >= 4 is 0 Å². The van der Waals surface area contributed by atoms with Crippen LogP contribution in [0.4, 0.5) is 8.78 Å². The van der Waals surface area contributed by atoms with Crippen LogP contribution >= 0.6 is 0 Å². The van der Waals surface area contributed by atoms with E-state index >= 15 is 0 Å². The predicted octanol–water partition coefficient (Wildman–Crippen LogP) is 1.81. The average molecular weight is 202 g/mol. The zero-order valence-corrected chi connectivity index (χ0v) is 7.71. The third kappa shape index (κ3) is 2.65. The van der Waals surface area contributed by atoms with Crippen LogP contribution in [0.3, 0.4) is 0 Å². The number of hydrogen-bond acceptors (Lipinski definition) is 3. The third-order valence-electron chi connectivity index (χ3n) is 1.85. The molecule has 0 unspecified atom stereocenters. The number of benzene rings is 1. The van der Waals surface area contributed by atoms with Crippen LogP contribution in [-0.4, -0.2) is 6.61 Å².